The Hall–Kier alpha value is -3.41. The molecule has 1 aliphatic rings. The zero-order valence-corrected chi connectivity index (χ0v) is 22.3. The van der Waals surface area contributed by atoms with E-state index in [1.165, 1.54) is 28.7 Å². The molecule has 0 amide bonds. The van der Waals surface area contributed by atoms with E-state index in [9.17, 15) is 4.79 Å². The van der Waals surface area contributed by atoms with E-state index >= 15 is 0 Å². The summed E-state index contributed by atoms with van der Waals surface area (Å²) in [6.07, 6.45) is 15.1. The molecule has 0 saturated carbocycles. The molecule has 2 aromatic rings. The molecule has 6 heteroatoms. The van der Waals surface area contributed by atoms with Gasteiger partial charge in [-0.25, -0.2) is 4.98 Å². The van der Waals surface area contributed by atoms with E-state index in [4.69, 9.17) is 4.98 Å². The third-order valence-corrected chi connectivity index (χ3v) is 6.58. The van der Waals surface area contributed by atoms with Gasteiger partial charge in [-0.05, 0) is 56.9 Å². The highest BCUT2D eigenvalue weighted by atomic mass is 16.1. The van der Waals surface area contributed by atoms with Gasteiger partial charge in [-0.1, -0.05) is 32.1 Å². The molecule has 0 unspecified atom stereocenters. The van der Waals surface area contributed by atoms with Gasteiger partial charge in [0, 0.05) is 80.4 Å². The molecule has 2 aromatic heterocycles. The van der Waals surface area contributed by atoms with Crippen LogP contribution in [0.4, 0.5) is 0 Å². The fourth-order valence-corrected chi connectivity index (χ4v) is 4.57. The summed E-state index contributed by atoms with van der Waals surface area (Å²) in [6, 6.07) is 3.78. The van der Waals surface area contributed by atoms with E-state index in [-0.39, 0.29) is 5.56 Å². The molecule has 6 nitrogen and oxygen atoms in total. The van der Waals surface area contributed by atoms with Crippen LogP contribution < -0.4 is 5.56 Å². The quantitative estimate of drug-likeness (QED) is 0.471. The summed E-state index contributed by atoms with van der Waals surface area (Å²) in [6.45, 7) is 12.4. The van der Waals surface area contributed by atoms with Gasteiger partial charge in [-0.2, -0.15) is 0 Å². The highest BCUT2D eigenvalue weighted by Gasteiger charge is 2.21. The molecule has 0 fully saturated rings. The highest BCUT2D eigenvalue weighted by Crippen LogP contribution is 2.29. The molecule has 0 spiro atoms. The minimum absolute atomic E-state index is 0.0562. The average molecular weight is 474 g/mol. The van der Waals surface area contributed by atoms with Gasteiger partial charge in [0.2, 0.25) is 0 Å². The third-order valence-electron chi connectivity index (χ3n) is 6.58. The van der Waals surface area contributed by atoms with E-state index in [1.807, 2.05) is 12.3 Å². The van der Waals surface area contributed by atoms with Crippen LogP contribution in [0.5, 0.6) is 0 Å². The Morgan fingerprint density at radius 1 is 1.17 bits per heavy atom. The van der Waals surface area contributed by atoms with Crippen molar-refractivity contribution < 1.29 is 0 Å². The van der Waals surface area contributed by atoms with E-state index in [0.29, 0.717) is 5.82 Å². The first-order chi connectivity index (χ1) is 16.8. The summed E-state index contributed by atoms with van der Waals surface area (Å²) < 4.78 is 1.58. The number of fused-ring (bicyclic) bond motifs is 1. The number of allylic oxidation sites excluding steroid dienone is 5. The number of hydrogen-bond acceptors (Lipinski definition) is 5. The fraction of sp³-hybridized carbons (Fsp3) is 0.414. The van der Waals surface area contributed by atoms with Crippen LogP contribution in [0.25, 0.3) is 11.8 Å². The van der Waals surface area contributed by atoms with Gasteiger partial charge in [-0.15, -0.1) is 0 Å². The van der Waals surface area contributed by atoms with Gasteiger partial charge in [0.25, 0.3) is 5.56 Å². The molecule has 0 aromatic carbocycles. The van der Waals surface area contributed by atoms with E-state index in [0.717, 1.165) is 49.2 Å². The van der Waals surface area contributed by atoms with Gasteiger partial charge >= 0.3 is 0 Å². The fourth-order valence-electron chi connectivity index (χ4n) is 4.57. The van der Waals surface area contributed by atoms with Crippen LogP contribution in [0.3, 0.4) is 0 Å². The Morgan fingerprint density at radius 3 is 2.60 bits per heavy atom. The lowest BCUT2D eigenvalue weighted by Gasteiger charge is -2.33. The summed E-state index contributed by atoms with van der Waals surface area (Å²) in [5.41, 5.74) is 8.20. The Labute approximate surface area is 210 Å². The predicted octanol–water partition coefficient (Wildman–Crippen LogP) is 5.54. The van der Waals surface area contributed by atoms with E-state index in [1.54, 1.807) is 17.8 Å². The summed E-state index contributed by atoms with van der Waals surface area (Å²) in [7, 11) is 3.87. The lowest BCUT2D eigenvalue weighted by Crippen LogP contribution is -2.31. The average Bonchev–Trinajstić information content (AvgIpc) is 2.85. The maximum atomic E-state index is 12.0. The normalized spacial score (nSPS) is 15.3. The van der Waals surface area contributed by atoms with Crippen molar-refractivity contribution in [2.24, 2.45) is 7.05 Å². The largest absolute Gasteiger partial charge is 0.367 e. The van der Waals surface area contributed by atoms with Crippen LogP contribution in [0.1, 0.15) is 70.1 Å². The molecule has 0 radical (unpaired) electrons. The van der Waals surface area contributed by atoms with Crippen molar-refractivity contribution in [2.75, 3.05) is 13.6 Å². The first-order valence-corrected chi connectivity index (χ1v) is 12.5. The first kappa shape index (κ1) is 26.2. The molecule has 0 bridgehead atoms. The smallest absolute Gasteiger partial charge is 0.253 e. The molecule has 0 N–H and O–H groups in total. The van der Waals surface area contributed by atoms with Crippen molar-refractivity contribution in [3.8, 4) is 0 Å². The molecule has 1 aliphatic heterocycles. The molecule has 0 aliphatic carbocycles. The lowest BCUT2D eigenvalue weighted by atomic mass is 10.00. The van der Waals surface area contributed by atoms with Crippen LogP contribution in [0, 0.1) is 0 Å². The number of pyridine rings is 1. The molecule has 186 valence electrons. The van der Waals surface area contributed by atoms with Gasteiger partial charge < -0.3 is 9.80 Å². The molecule has 0 atom stereocenters. The van der Waals surface area contributed by atoms with Crippen molar-refractivity contribution >= 4 is 11.8 Å². The molecular weight excluding hydrogens is 434 g/mol. The standard InChI is InChI=1S/C29H39N5O/c1-8-11-22(5)32(6)26(10-3)23-18-24-20-34(16-14-25(24)31-19-23)27(12-9-2)21(4)17-28-30-15-13-29(35)33(28)7/h10-13,15,17-19H,8-9,14,16,20H2,1-7H3/b21-17-,22-11-,26-10-,27-12-. The van der Waals surface area contributed by atoms with Gasteiger partial charge in [0.05, 0.1) is 0 Å². The Kier molecular flexibility index (Phi) is 8.85. The Morgan fingerprint density at radius 2 is 1.91 bits per heavy atom. The summed E-state index contributed by atoms with van der Waals surface area (Å²) in [5.74, 6) is 0.662. The first-order valence-electron chi connectivity index (χ1n) is 12.5. The van der Waals surface area contributed by atoms with E-state index < -0.39 is 0 Å². The summed E-state index contributed by atoms with van der Waals surface area (Å²) in [4.78, 5) is 26.0. The van der Waals surface area contributed by atoms with Crippen LogP contribution >= 0.6 is 0 Å². The molecular formula is C29H39N5O. The lowest BCUT2D eigenvalue weighted by molar-refractivity contribution is 0.324. The van der Waals surface area contributed by atoms with Crippen molar-refractivity contribution in [1.29, 1.82) is 0 Å². The molecule has 0 saturated heterocycles. The number of hydrogen-bond donors (Lipinski definition) is 0. The van der Waals surface area contributed by atoms with Gasteiger partial charge in [-0.3, -0.25) is 14.3 Å². The molecule has 3 heterocycles. The second-order valence-corrected chi connectivity index (χ2v) is 9.01. The topological polar surface area (TPSA) is 54.3 Å². The number of nitrogens with zero attached hydrogens (tertiary/aromatic N) is 5. The second-order valence-electron chi connectivity index (χ2n) is 9.01. The van der Waals surface area contributed by atoms with Gasteiger partial charge in [0.15, 0.2) is 0 Å². The minimum atomic E-state index is -0.0562. The maximum Gasteiger partial charge on any atom is 0.253 e. The van der Waals surface area contributed by atoms with Crippen molar-refractivity contribution in [1.82, 2.24) is 24.3 Å². The van der Waals surface area contributed by atoms with Crippen LogP contribution in [0.15, 0.2) is 64.5 Å². The monoisotopic (exact) mass is 473 g/mol. The second kappa shape index (κ2) is 11.8. The minimum Gasteiger partial charge on any atom is -0.367 e. The highest BCUT2D eigenvalue weighted by molar-refractivity contribution is 5.65. The Bertz CT molecular complexity index is 1230. The van der Waals surface area contributed by atoms with Crippen LogP contribution in [-0.4, -0.2) is 37.9 Å². The van der Waals surface area contributed by atoms with Crippen molar-refractivity contribution in [2.45, 2.75) is 60.4 Å². The number of rotatable bonds is 8. The SMILES string of the molecule is C/C=C(/c1cnc2c(c1)CN(C(=C\CC)/C(C)=C\c1nccc(=O)n1C)CC2)N(C)/C(C)=C\CC. The van der Waals surface area contributed by atoms with Crippen LogP contribution in [-0.2, 0) is 20.0 Å². The number of aromatic nitrogens is 3. The maximum absolute atomic E-state index is 12.0. The Balaban J connectivity index is 1.92. The van der Waals surface area contributed by atoms with E-state index in [2.05, 4.69) is 80.7 Å². The predicted molar refractivity (Wildman–Crippen MR) is 145 cm³/mol. The van der Waals surface area contributed by atoms with Crippen LogP contribution in [0.2, 0.25) is 0 Å². The zero-order chi connectivity index (χ0) is 25.5. The van der Waals surface area contributed by atoms with Crippen molar-refractivity contribution in [3.05, 3.63) is 92.7 Å². The third kappa shape index (κ3) is 5.99. The zero-order valence-electron chi connectivity index (χ0n) is 22.3. The van der Waals surface area contributed by atoms with Crippen molar-refractivity contribution in [3.63, 3.8) is 0 Å². The van der Waals surface area contributed by atoms with Gasteiger partial charge in [0.1, 0.15) is 5.82 Å². The molecule has 3 rings (SSSR count). The summed E-state index contributed by atoms with van der Waals surface area (Å²) >= 11 is 0. The molecule has 35 heavy (non-hydrogen) atoms. The summed E-state index contributed by atoms with van der Waals surface area (Å²) in [5, 5.41) is 0.